The van der Waals surface area contributed by atoms with E-state index >= 15 is 0 Å². The Morgan fingerprint density at radius 3 is 2.30 bits per heavy atom. The van der Waals surface area contributed by atoms with Crippen molar-refractivity contribution in [3.05, 3.63) is 89.5 Å². The summed E-state index contributed by atoms with van der Waals surface area (Å²) in [5.41, 5.74) is 13.5. The van der Waals surface area contributed by atoms with Crippen LogP contribution >= 0.6 is 0 Å². The summed E-state index contributed by atoms with van der Waals surface area (Å²) in [4.78, 5) is 24.7. The van der Waals surface area contributed by atoms with Gasteiger partial charge in [-0.1, -0.05) is 36.4 Å². The van der Waals surface area contributed by atoms with Crippen LogP contribution in [-0.4, -0.2) is 17.9 Å². The third-order valence-corrected chi connectivity index (χ3v) is 5.92. The first kappa shape index (κ1) is 22.5. The van der Waals surface area contributed by atoms with Crippen molar-refractivity contribution in [1.29, 1.82) is 0 Å². The van der Waals surface area contributed by atoms with E-state index in [2.05, 4.69) is 16.1 Å². The number of amides is 2. The number of rotatable bonds is 9. The van der Waals surface area contributed by atoms with Crippen LogP contribution in [0.2, 0.25) is 0 Å². The highest BCUT2D eigenvalue weighted by Crippen LogP contribution is 2.40. The van der Waals surface area contributed by atoms with Gasteiger partial charge in [0.05, 0.1) is 11.4 Å². The van der Waals surface area contributed by atoms with Crippen LogP contribution in [0.4, 0.5) is 17.1 Å². The molecule has 33 heavy (non-hydrogen) atoms. The summed E-state index contributed by atoms with van der Waals surface area (Å²) in [5.74, 6) is 5.72. The van der Waals surface area contributed by atoms with Gasteiger partial charge in [0.15, 0.2) is 0 Å². The fraction of sp³-hybridized carbons (Fsp3) is 0.231. The van der Waals surface area contributed by atoms with Crippen LogP contribution in [0.1, 0.15) is 46.7 Å². The molecule has 0 saturated heterocycles. The average Bonchev–Trinajstić information content (AvgIpc) is 3.61. The highest BCUT2D eigenvalue weighted by molar-refractivity contribution is 6.05. The predicted octanol–water partition coefficient (Wildman–Crippen LogP) is 3.80. The Labute approximate surface area is 193 Å². The summed E-state index contributed by atoms with van der Waals surface area (Å²) in [6, 6.07) is 22.9. The van der Waals surface area contributed by atoms with Crippen molar-refractivity contribution in [2.75, 3.05) is 16.4 Å². The fourth-order valence-electron chi connectivity index (χ4n) is 3.87. The van der Waals surface area contributed by atoms with Crippen LogP contribution in [0.25, 0.3) is 0 Å². The van der Waals surface area contributed by atoms with Crippen LogP contribution in [-0.2, 0) is 11.2 Å². The monoisotopic (exact) mass is 443 g/mol. The number of nitrogens with one attached hydrogen (secondary N) is 3. The van der Waals surface area contributed by atoms with Crippen LogP contribution in [0, 0.1) is 0 Å². The number of carbonyl (C=O) groups is 2. The van der Waals surface area contributed by atoms with E-state index in [-0.39, 0.29) is 11.8 Å². The molecule has 0 spiro atoms. The maximum atomic E-state index is 12.4. The zero-order valence-corrected chi connectivity index (χ0v) is 18.4. The van der Waals surface area contributed by atoms with Crippen LogP contribution in [0.5, 0.6) is 0 Å². The number of para-hydroxylation sites is 2. The molecule has 0 aromatic heterocycles. The molecule has 4 rings (SSSR count). The lowest BCUT2D eigenvalue weighted by Gasteiger charge is -2.09. The van der Waals surface area contributed by atoms with Gasteiger partial charge in [-0.05, 0) is 66.8 Å². The zero-order chi connectivity index (χ0) is 23.2. The van der Waals surface area contributed by atoms with Gasteiger partial charge in [-0.3, -0.25) is 20.9 Å². The molecule has 0 aliphatic heterocycles. The SMILES string of the molecule is NNC1CC1c1ccc(NC(=O)CCCc2ccc(C(=O)Nc3ccccc3N)cc2)cc1. The molecular weight excluding hydrogens is 414 g/mol. The Balaban J connectivity index is 1.20. The normalized spacial score (nSPS) is 16.8. The zero-order valence-electron chi connectivity index (χ0n) is 18.4. The second kappa shape index (κ2) is 10.3. The average molecular weight is 444 g/mol. The van der Waals surface area contributed by atoms with Crippen molar-refractivity contribution in [2.24, 2.45) is 5.84 Å². The predicted molar refractivity (Wildman–Crippen MR) is 132 cm³/mol. The van der Waals surface area contributed by atoms with Gasteiger partial charge in [0.1, 0.15) is 0 Å². The fourth-order valence-corrected chi connectivity index (χ4v) is 3.87. The highest BCUT2D eigenvalue weighted by atomic mass is 16.2. The number of hydrogen-bond donors (Lipinski definition) is 5. The van der Waals surface area contributed by atoms with E-state index in [1.165, 1.54) is 5.56 Å². The summed E-state index contributed by atoms with van der Waals surface area (Å²) in [6.07, 6.45) is 2.96. The van der Waals surface area contributed by atoms with E-state index in [4.69, 9.17) is 11.6 Å². The van der Waals surface area contributed by atoms with Gasteiger partial charge in [0, 0.05) is 29.6 Å². The molecule has 0 heterocycles. The molecule has 1 saturated carbocycles. The van der Waals surface area contributed by atoms with E-state index in [1.807, 2.05) is 48.5 Å². The summed E-state index contributed by atoms with van der Waals surface area (Å²) in [6.45, 7) is 0. The number of nitrogen functional groups attached to an aromatic ring is 1. The van der Waals surface area contributed by atoms with E-state index in [1.54, 1.807) is 24.3 Å². The molecule has 3 aromatic carbocycles. The molecule has 1 fully saturated rings. The van der Waals surface area contributed by atoms with Gasteiger partial charge in [0.2, 0.25) is 5.91 Å². The number of benzene rings is 3. The number of carbonyl (C=O) groups excluding carboxylic acids is 2. The Morgan fingerprint density at radius 1 is 0.909 bits per heavy atom. The van der Waals surface area contributed by atoms with Crippen molar-refractivity contribution >= 4 is 28.9 Å². The largest absolute Gasteiger partial charge is 0.397 e. The third-order valence-electron chi connectivity index (χ3n) is 5.92. The van der Waals surface area contributed by atoms with E-state index in [0.717, 1.165) is 30.5 Å². The van der Waals surface area contributed by atoms with E-state index in [0.29, 0.717) is 35.3 Å². The van der Waals surface area contributed by atoms with Crippen molar-refractivity contribution in [2.45, 2.75) is 37.6 Å². The molecule has 2 unspecified atom stereocenters. The molecule has 7 N–H and O–H groups in total. The maximum Gasteiger partial charge on any atom is 0.255 e. The Kier molecular flexibility index (Phi) is 7.02. The molecular formula is C26H29N5O2. The quantitative estimate of drug-likeness (QED) is 0.196. The molecule has 7 nitrogen and oxygen atoms in total. The van der Waals surface area contributed by atoms with Gasteiger partial charge in [0.25, 0.3) is 5.91 Å². The molecule has 2 atom stereocenters. The van der Waals surface area contributed by atoms with Gasteiger partial charge >= 0.3 is 0 Å². The summed E-state index contributed by atoms with van der Waals surface area (Å²) in [5, 5.41) is 5.77. The molecule has 0 radical (unpaired) electrons. The van der Waals surface area contributed by atoms with Gasteiger partial charge in [-0.15, -0.1) is 0 Å². The van der Waals surface area contributed by atoms with Crippen molar-refractivity contribution in [3.63, 3.8) is 0 Å². The maximum absolute atomic E-state index is 12.4. The van der Waals surface area contributed by atoms with Crippen molar-refractivity contribution in [1.82, 2.24) is 5.43 Å². The first-order chi connectivity index (χ1) is 16.0. The smallest absolute Gasteiger partial charge is 0.255 e. The number of hydrazine groups is 1. The number of nitrogens with two attached hydrogens (primary N) is 2. The number of hydrogen-bond acceptors (Lipinski definition) is 5. The molecule has 1 aliphatic rings. The molecule has 2 amide bonds. The first-order valence-electron chi connectivity index (χ1n) is 11.1. The highest BCUT2D eigenvalue weighted by Gasteiger charge is 2.37. The molecule has 0 bridgehead atoms. The van der Waals surface area contributed by atoms with Crippen molar-refractivity contribution < 1.29 is 9.59 Å². The minimum Gasteiger partial charge on any atom is -0.397 e. The van der Waals surface area contributed by atoms with E-state index in [9.17, 15) is 9.59 Å². The number of anilines is 3. The lowest BCUT2D eigenvalue weighted by atomic mass is 10.1. The Bertz CT molecular complexity index is 1110. The van der Waals surface area contributed by atoms with E-state index < -0.39 is 0 Å². The molecule has 3 aromatic rings. The second-order valence-corrected chi connectivity index (χ2v) is 8.38. The van der Waals surface area contributed by atoms with Crippen LogP contribution < -0.4 is 27.6 Å². The lowest BCUT2D eigenvalue weighted by molar-refractivity contribution is -0.116. The van der Waals surface area contributed by atoms with Crippen molar-refractivity contribution in [3.8, 4) is 0 Å². The Morgan fingerprint density at radius 2 is 1.64 bits per heavy atom. The first-order valence-corrected chi connectivity index (χ1v) is 11.1. The summed E-state index contributed by atoms with van der Waals surface area (Å²) >= 11 is 0. The second-order valence-electron chi connectivity index (χ2n) is 8.38. The van der Waals surface area contributed by atoms with Gasteiger partial charge in [-0.25, -0.2) is 0 Å². The third kappa shape index (κ3) is 5.97. The van der Waals surface area contributed by atoms with Gasteiger partial charge in [-0.2, -0.15) is 0 Å². The van der Waals surface area contributed by atoms with Crippen LogP contribution in [0.15, 0.2) is 72.8 Å². The minimum absolute atomic E-state index is 0.00730. The topological polar surface area (TPSA) is 122 Å². The standard InChI is InChI=1S/C26H29N5O2/c27-22-5-1-2-6-23(22)30-26(33)19-10-8-17(9-11-19)4-3-7-25(32)29-20-14-12-18(13-15-20)21-16-24(21)31-28/h1-2,5-6,8-15,21,24,31H,3-4,7,16,27-28H2,(H,29,32)(H,30,33). The molecule has 1 aliphatic carbocycles. The van der Waals surface area contributed by atoms with Gasteiger partial charge < -0.3 is 16.4 Å². The minimum atomic E-state index is -0.207. The lowest BCUT2D eigenvalue weighted by Crippen LogP contribution is -2.25. The number of aryl methyl sites for hydroxylation is 1. The molecule has 170 valence electrons. The summed E-state index contributed by atoms with van der Waals surface area (Å²) in [7, 11) is 0. The summed E-state index contributed by atoms with van der Waals surface area (Å²) < 4.78 is 0. The van der Waals surface area contributed by atoms with Crippen LogP contribution in [0.3, 0.4) is 0 Å². The Hall–Kier alpha value is -3.68. The molecule has 7 heteroatoms.